The van der Waals surface area contributed by atoms with Crippen molar-refractivity contribution in [2.24, 2.45) is 5.73 Å². The number of hydrogen-bond donors (Lipinski definition) is 3. The molecular weight excluding hydrogens is 312 g/mol. The topological polar surface area (TPSA) is 114 Å². The minimum Gasteiger partial charge on any atom is -0.443 e. The van der Waals surface area contributed by atoms with Crippen LogP contribution in [0.2, 0.25) is 0 Å². The maximum atomic E-state index is 12.3. The van der Waals surface area contributed by atoms with Crippen LogP contribution in [0.25, 0.3) is 0 Å². The van der Waals surface area contributed by atoms with Crippen molar-refractivity contribution in [3.63, 3.8) is 0 Å². The van der Waals surface area contributed by atoms with Crippen LogP contribution in [0.4, 0.5) is 21.0 Å². The number of benzene rings is 1. The van der Waals surface area contributed by atoms with Gasteiger partial charge in [-0.1, -0.05) is 6.07 Å². The molecule has 0 heterocycles. The summed E-state index contributed by atoms with van der Waals surface area (Å²) < 4.78 is 5.20. The number of nitrogens with one attached hydrogen (secondary N) is 2. The Morgan fingerprint density at radius 3 is 2.25 bits per heavy atom. The van der Waals surface area contributed by atoms with E-state index in [1.165, 1.54) is 6.92 Å². The number of nitrogens with two attached hydrogens (primary N) is 1. The van der Waals surface area contributed by atoms with E-state index in [1.807, 2.05) is 0 Å². The molecule has 132 valence electrons. The second-order valence-corrected chi connectivity index (χ2v) is 6.11. The fourth-order valence-corrected chi connectivity index (χ4v) is 1.79. The summed E-state index contributed by atoms with van der Waals surface area (Å²) in [4.78, 5) is 36.4. The number of carbonyl (C=O) groups excluding carboxylic acids is 3. The summed E-state index contributed by atoms with van der Waals surface area (Å²) >= 11 is 0. The third-order valence-corrected chi connectivity index (χ3v) is 2.65. The van der Waals surface area contributed by atoms with Gasteiger partial charge >= 0.3 is 12.1 Å². The standard InChI is InChI=1S/C16H24N4O4/c1-11(21)18-12-6-5-7-13(10-12)19-14(22)20(9-8-17)15(23)24-16(2,3)4/h5-7,10H,8-9,17H2,1-4H3,(H,18,21)(H,19,22). The van der Waals surface area contributed by atoms with Gasteiger partial charge < -0.3 is 21.1 Å². The van der Waals surface area contributed by atoms with Gasteiger partial charge in [0.2, 0.25) is 5.91 Å². The van der Waals surface area contributed by atoms with Crippen LogP contribution in [0.1, 0.15) is 27.7 Å². The van der Waals surface area contributed by atoms with Crippen LogP contribution >= 0.6 is 0 Å². The van der Waals surface area contributed by atoms with Crippen molar-refractivity contribution in [2.45, 2.75) is 33.3 Å². The summed E-state index contributed by atoms with van der Waals surface area (Å²) in [6.45, 7) is 6.64. The molecule has 1 aromatic rings. The zero-order valence-corrected chi connectivity index (χ0v) is 14.4. The van der Waals surface area contributed by atoms with Gasteiger partial charge in [-0.2, -0.15) is 0 Å². The van der Waals surface area contributed by atoms with E-state index in [2.05, 4.69) is 10.6 Å². The van der Waals surface area contributed by atoms with Gasteiger partial charge in [0.1, 0.15) is 5.60 Å². The lowest BCUT2D eigenvalue weighted by atomic mass is 10.2. The largest absolute Gasteiger partial charge is 0.443 e. The first kappa shape index (κ1) is 19.4. The first-order valence-electron chi connectivity index (χ1n) is 7.51. The van der Waals surface area contributed by atoms with Crippen LogP contribution in [0.15, 0.2) is 24.3 Å². The van der Waals surface area contributed by atoms with E-state index >= 15 is 0 Å². The lowest BCUT2D eigenvalue weighted by Gasteiger charge is -2.26. The Hall–Kier alpha value is -2.61. The van der Waals surface area contributed by atoms with Gasteiger partial charge in [-0.15, -0.1) is 0 Å². The molecule has 0 aliphatic heterocycles. The zero-order chi connectivity index (χ0) is 18.3. The Balaban J connectivity index is 2.85. The van der Waals surface area contributed by atoms with E-state index in [0.717, 1.165) is 4.90 Å². The van der Waals surface area contributed by atoms with Gasteiger partial charge in [0.15, 0.2) is 0 Å². The Morgan fingerprint density at radius 2 is 1.75 bits per heavy atom. The summed E-state index contributed by atoms with van der Waals surface area (Å²) in [6.07, 6.45) is -0.775. The molecule has 4 amide bonds. The SMILES string of the molecule is CC(=O)Nc1cccc(NC(=O)N(CCN)C(=O)OC(C)(C)C)c1. The number of ether oxygens (including phenoxy) is 1. The molecule has 8 nitrogen and oxygen atoms in total. The fraction of sp³-hybridized carbons (Fsp3) is 0.438. The van der Waals surface area contributed by atoms with Gasteiger partial charge in [-0.25, -0.2) is 14.5 Å². The van der Waals surface area contributed by atoms with Gasteiger partial charge in [-0.3, -0.25) is 4.79 Å². The van der Waals surface area contributed by atoms with Crippen molar-refractivity contribution in [1.82, 2.24) is 4.90 Å². The van der Waals surface area contributed by atoms with E-state index in [1.54, 1.807) is 45.0 Å². The predicted octanol–water partition coefficient (Wildman–Crippen LogP) is 2.37. The number of nitrogens with zero attached hydrogens (tertiary/aromatic N) is 1. The number of anilines is 2. The van der Waals surface area contributed by atoms with Gasteiger partial charge in [0.05, 0.1) is 0 Å². The van der Waals surface area contributed by atoms with Crippen LogP contribution in [0.5, 0.6) is 0 Å². The van der Waals surface area contributed by atoms with Crippen LogP contribution in [-0.2, 0) is 9.53 Å². The smallest absolute Gasteiger partial charge is 0.418 e. The van der Waals surface area contributed by atoms with E-state index in [-0.39, 0.29) is 19.0 Å². The predicted molar refractivity (Wildman–Crippen MR) is 91.8 cm³/mol. The lowest BCUT2D eigenvalue weighted by Crippen LogP contribution is -2.45. The molecule has 0 aliphatic carbocycles. The minimum atomic E-state index is -0.775. The Bertz CT molecular complexity index is 610. The highest BCUT2D eigenvalue weighted by Crippen LogP contribution is 2.16. The summed E-state index contributed by atoms with van der Waals surface area (Å²) in [5.74, 6) is -0.225. The Morgan fingerprint density at radius 1 is 1.17 bits per heavy atom. The molecule has 0 saturated carbocycles. The number of hydrogen-bond acceptors (Lipinski definition) is 5. The van der Waals surface area contributed by atoms with E-state index in [9.17, 15) is 14.4 Å². The molecule has 0 unspecified atom stereocenters. The van der Waals surface area contributed by atoms with Crippen LogP contribution in [0, 0.1) is 0 Å². The summed E-state index contributed by atoms with van der Waals surface area (Å²) in [6, 6.07) is 5.91. The molecular formula is C16H24N4O4. The normalized spacial score (nSPS) is 10.7. The van der Waals surface area contributed by atoms with Crippen molar-refractivity contribution in [1.29, 1.82) is 0 Å². The molecule has 1 rings (SSSR count). The quantitative estimate of drug-likeness (QED) is 0.781. The zero-order valence-electron chi connectivity index (χ0n) is 14.4. The molecule has 0 fully saturated rings. The summed E-state index contributed by atoms with van der Waals surface area (Å²) in [5, 5.41) is 5.20. The highest BCUT2D eigenvalue weighted by atomic mass is 16.6. The molecule has 4 N–H and O–H groups in total. The van der Waals surface area contributed by atoms with Crippen LogP contribution in [-0.4, -0.2) is 41.6 Å². The maximum Gasteiger partial charge on any atom is 0.418 e. The highest BCUT2D eigenvalue weighted by molar-refractivity contribution is 5.99. The molecule has 0 radical (unpaired) electrons. The van der Waals surface area contributed by atoms with Gasteiger partial charge in [0.25, 0.3) is 0 Å². The van der Waals surface area contributed by atoms with Crippen LogP contribution in [0.3, 0.4) is 0 Å². The van der Waals surface area contributed by atoms with E-state index in [4.69, 9.17) is 10.5 Å². The average Bonchev–Trinajstić information content (AvgIpc) is 2.42. The molecule has 0 bridgehead atoms. The van der Waals surface area contributed by atoms with E-state index in [0.29, 0.717) is 11.4 Å². The fourth-order valence-electron chi connectivity index (χ4n) is 1.79. The second kappa shape index (κ2) is 8.30. The molecule has 0 saturated heterocycles. The van der Waals surface area contributed by atoms with Crippen molar-refractivity contribution in [3.05, 3.63) is 24.3 Å². The molecule has 0 aliphatic rings. The maximum absolute atomic E-state index is 12.3. The highest BCUT2D eigenvalue weighted by Gasteiger charge is 2.26. The first-order valence-corrected chi connectivity index (χ1v) is 7.51. The Kier molecular flexibility index (Phi) is 6.72. The van der Waals surface area contributed by atoms with Gasteiger partial charge in [-0.05, 0) is 39.0 Å². The minimum absolute atomic E-state index is 0.0200. The van der Waals surface area contributed by atoms with Crippen molar-refractivity contribution >= 4 is 29.4 Å². The number of rotatable bonds is 4. The molecule has 0 spiro atoms. The first-order chi connectivity index (χ1) is 11.1. The van der Waals surface area contributed by atoms with Crippen molar-refractivity contribution in [2.75, 3.05) is 23.7 Å². The molecule has 24 heavy (non-hydrogen) atoms. The van der Waals surface area contributed by atoms with Crippen LogP contribution < -0.4 is 16.4 Å². The molecule has 0 aromatic heterocycles. The van der Waals surface area contributed by atoms with Crippen molar-refractivity contribution < 1.29 is 19.1 Å². The summed E-state index contributed by atoms with van der Waals surface area (Å²) in [7, 11) is 0. The Labute approximate surface area is 141 Å². The summed E-state index contributed by atoms with van der Waals surface area (Å²) in [5.41, 5.74) is 5.70. The number of carbonyl (C=O) groups is 3. The number of urea groups is 1. The lowest BCUT2D eigenvalue weighted by molar-refractivity contribution is -0.114. The second-order valence-electron chi connectivity index (χ2n) is 6.11. The molecule has 0 atom stereocenters. The monoisotopic (exact) mass is 336 g/mol. The van der Waals surface area contributed by atoms with Crippen molar-refractivity contribution in [3.8, 4) is 0 Å². The average molecular weight is 336 g/mol. The third-order valence-electron chi connectivity index (χ3n) is 2.65. The molecule has 1 aromatic carbocycles. The number of imide groups is 1. The number of amides is 4. The molecule has 8 heteroatoms. The van der Waals surface area contributed by atoms with E-state index < -0.39 is 17.7 Å². The third kappa shape index (κ3) is 6.66. The van der Waals surface area contributed by atoms with Gasteiger partial charge in [0, 0.05) is 31.4 Å².